The van der Waals surface area contributed by atoms with E-state index in [2.05, 4.69) is 23.9 Å². The third-order valence-electron chi connectivity index (χ3n) is 3.47. The highest BCUT2D eigenvalue weighted by molar-refractivity contribution is 6.30. The number of carbonyl (C=O) groups is 1. The van der Waals surface area contributed by atoms with Gasteiger partial charge in [0.25, 0.3) is 0 Å². The summed E-state index contributed by atoms with van der Waals surface area (Å²) in [6.45, 7) is 3.63. The van der Waals surface area contributed by atoms with Crippen molar-refractivity contribution in [3.8, 4) is 0 Å². The maximum absolute atomic E-state index is 11.1. The van der Waals surface area contributed by atoms with Gasteiger partial charge in [0, 0.05) is 38.4 Å². The molecule has 0 aromatic carbocycles. The molecule has 0 amide bonds. The van der Waals surface area contributed by atoms with Gasteiger partial charge < -0.3 is 14.6 Å². The Bertz CT molecular complexity index is 447. The highest BCUT2D eigenvalue weighted by Gasteiger charge is 2.24. The first kappa shape index (κ1) is 13.4. The van der Waals surface area contributed by atoms with E-state index in [0.29, 0.717) is 17.6 Å². The molecule has 1 atom stereocenters. The number of hydrogen-bond donors (Lipinski definition) is 1. The average Bonchev–Trinajstić information content (AvgIpc) is 2.65. The normalized spacial score (nSPS) is 22.3. The van der Waals surface area contributed by atoms with Crippen molar-refractivity contribution in [2.75, 3.05) is 33.7 Å². The number of aromatic carboxylic acids is 1. The first-order chi connectivity index (χ1) is 8.47. The molecule has 0 spiro atoms. The maximum atomic E-state index is 11.1. The van der Waals surface area contributed by atoms with Gasteiger partial charge >= 0.3 is 5.97 Å². The minimum Gasteiger partial charge on any atom is -0.477 e. The Labute approximate surface area is 112 Å². The highest BCUT2D eigenvalue weighted by atomic mass is 35.5. The van der Waals surface area contributed by atoms with Crippen molar-refractivity contribution in [1.82, 2.24) is 14.4 Å². The largest absolute Gasteiger partial charge is 0.477 e. The minimum atomic E-state index is -0.936. The van der Waals surface area contributed by atoms with E-state index in [1.807, 2.05) is 0 Å². The molecule has 1 aromatic rings. The van der Waals surface area contributed by atoms with Crippen LogP contribution in [0.4, 0.5) is 0 Å². The zero-order chi connectivity index (χ0) is 13.3. The quantitative estimate of drug-likeness (QED) is 0.894. The third kappa shape index (κ3) is 2.85. The van der Waals surface area contributed by atoms with Crippen molar-refractivity contribution in [2.45, 2.75) is 12.6 Å². The molecule has 100 valence electrons. The highest BCUT2D eigenvalue weighted by Crippen LogP contribution is 2.17. The molecule has 1 saturated heterocycles. The zero-order valence-corrected chi connectivity index (χ0v) is 11.4. The molecule has 0 radical (unpaired) electrons. The minimum absolute atomic E-state index is 0.252. The van der Waals surface area contributed by atoms with E-state index in [4.69, 9.17) is 16.7 Å². The molecule has 0 aliphatic carbocycles. The molecule has 0 bridgehead atoms. The Morgan fingerprint density at radius 2 is 2.22 bits per heavy atom. The summed E-state index contributed by atoms with van der Waals surface area (Å²) in [4.78, 5) is 15.6. The van der Waals surface area contributed by atoms with Gasteiger partial charge in [-0.2, -0.15) is 0 Å². The fourth-order valence-electron chi connectivity index (χ4n) is 2.33. The van der Waals surface area contributed by atoms with Gasteiger partial charge in [-0.25, -0.2) is 4.79 Å². The van der Waals surface area contributed by atoms with Gasteiger partial charge in [-0.3, -0.25) is 4.90 Å². The Kier molecular flexibility index (Phi) is 3.94. The van der Waals surface area contributed by atoms with E-state index >= 15 is 0 Å². The summed E-state index contributed by atoms with van der Waals surface area (Å²) in [5, 5.41) is 9.59. The van der Waals surface area contributed by atoms with Crippen molar-refractivity contribution < 1.29 is 9.90 Å². The van der Waals surface area contributed by atoms with Crippen LogP contribution in [0.15, 0.2) is 12.3 Å². The smallest absolute Gasteiger partial charge is 0.352 e. The number of hydrogen-bond acceptors (Lipinski definition) is 3. The Hall–Kier alpha value is -1.04. The van der Waals surface area contributed by atoms with Crippen molar-refractivity contribution >= 4 is 17.6 Å². The molecule has 1 aromatic heterocycles. The van der Waals surface area contributed by atoms with Gasteiger partial charge in [0.1, 0.15) is 5.69 Å². The van der Waals surface area contributed by atoms with Gasteiger partial charge in [0.15, 0.2) is 0 Å². The van der Waals surface area contributed by atoms with Gasteiger partial charge in [0.05, 0.1) is 5.02 Å². The van der Waals surface area contributed by atoms with Gasteiger partial charge in [0.2, 0.25) is 0 Å². The van der Waals surface area contributed by atoms with Gasteiger partial charge in [-0.15, -0.1) is 0 Å². The van der Waals surface area contributed by atoms with E-state index < -0.39 is 5.97 Å². The van der Waals surface area contributed by atoms with Crippen molar-refractivity contribution in [1.29, 1.82) is 0 Å². The maximum Gasteiger partial charge on any atom is 0.352 e. The SMILES string of the molecule is CN1CCN(C)C(Cn2cc(Cl)cc2C(=O)O)C1. The summed E-state index contributed by atoms with van der Waals surface area (Å²) >= 11 is 5.88. The Morgan fingerprint density at radius 3 is 2.89 bits per heavy atom. The van der Waals surface area contributed by atoms with Crippen LogP contribution in [0.3, 0.4) is 0 Å². The molecule has 0 saturated carbocycles. The molecule has 6 heteroatoms. The van der Waals surface area contributed by atoms with E-state index in [-0.39, 0.29) is 5.69 Å². The average molecular weight is 272 g/mol. The lowest BCUT2D eigenvalue weighted by atomic mass is 10.2. The van der Waals surface area contributed by atoms with Gasteiger partial charge in [-0.1, -0.05) is 11.6 Å². The fraction of sp³-hybridized carbons (Fsp3) is 0.583. The summed E-state index contributed by atoms with van der Waals surface area (Å²) in [6.07, 6.45) is 1.69. The number of carboxylic acids is 1. The van der Waals surface area contributed by atoms with Crippen LogP contribution in [0.25, 0.3) is 0 Å². The molecule has 1 aliphatic rings. The van der Waals surface area contributed by atoms with Crippen LogP contribution in [-0.2, 0) is 6.54 Å². The van der Waals surface area contributed by atoms with Crippen LogP contribution < -0.4 is 0 Å². The lowest BCUT2D eigenvalue weighted by Gasteiger charge is -2.38. The first-order valence-corrected chi connectivity index (χ1v) is 6.33. The second-order valence-electron chi connectivity index (χ2n) is 4.90. The molecule has 2 heterocycles. The molecular weight excluding hydrogens is 254 g/mol. The van der Waals surface area contributed by atoms with Crippen molar-refractivity contribution in [3.05, 3.63) is 23.0 Å². The van der Waals surface area contributed by atoms with Crippen LogP contribution in [0.5, 0.6) is 0 Å². The van der Waals surface area contributed by atoms with Crippen LogP contribution in [-0.4, -0.2) is 65.2 Å². The summed E-state index contributed by atoms with van der Waals surface area (Å²) in [7, 11) is 4.16. The van der Waals surface area contributed by atoms with Gasteiger partial charge in [-0.05, 0) is 20.2 Å². The number of piperazine rings is 1. The first-order valence-electron chi connectivity index (χ1n) is 5.95. The predicted molar refractivity (Wildman–Crippen MR) is 70.3 cm³/mol. The molecule has 18 heavy (non-hydrogen) atoms. The number of aromatic nitrogens is 1. The molecule has 1 fully saturated rings. The number of carboxylic acid groups (broad SMARTS) is 1. The zero-order valence-electron chi connectivity index (χ0n) is 10.6. The molecule has 1 unspecified atom stereocenters. The summed E-state index contributed by atoms with van der Waals surface area (Å²) in [5.74, 6) is -0.936. The number of halogens is 1. The van der Waals surface area contributed by atoms with Crippen LogP contribution in [0, 0.1) is 0 Å². The fourth-order valence-corrected chi connectivity index (χ4v) is 2.55. The Morgan fingerprint density at radius 1 is 1.50 bits per heavy atom. The number of rotatable bonds is 3. The standard InChI is InChI=1S/C12H18ClN3O2/c1-14-3-4-15(2)10(7-14)8-16-6-9(13)5-11(16)12(17)18/h5-6,10H,3-4,7-8H2,1-2H3,(H,17,18). The molecule has 1 aliphatic heterocycles. The lowest BCUT2D eigenvalue weighted by molar-refractivity contribution is 0.0675. The lowest BCUT2D eigenvalue weighted by Crippen LogP contribution is -2.51. The Balaban J connectivity index is 2.15. The van der Waals surface area contributed by atoms with E-state index in [0.717, 1.165) is 19.6 Å². The van der Waals surface area contributed by atoms with E-state index in [1.165, 1.54) is 6.07 Å². The molecule has 1 N–H and O–H groups in total. The summed E-state index contributed by atoms with van der Waals surface area (Å²) < 4.78 is 1.73. The second-order valence-corrected chi connectivity index (χ2v) is 5.33. The summed E-state index contributed by atoms with van der Waals surface area (Å²) in [5.41, 5.74) is 0.252. The van der Waals surface area contributed by atoms with Crippen molar-refractivity contribution in [2.24, 2.45) is 0 Å². The number of likely N-dealkylation sites (N-methyl/N-ethyl adjacent to an activating group) is 2. The molecular formula is C12H18ClN3O2. The van der Waals surface area contributed by atoms with Crippen LogP contribution in [0.2, 0.25) is 5.02 Å². The predicted octanol–water partition coefficient (Wildman–Crippen LogP) is 1.09. The molecule has 5 nitrogen and oxygen atoms in total. The van der Waals surface area contributed by atoms with E-state index in [1.54, 1.807) is 10.8 Å². The molecule has 2 rings (SSSR count). The topological polar surface area (TPSA) is 48.7 Å². The summed E-state index contributed by atoms with van der Waals surface area (Å²) in [6, 6.07) is 1.81. The van der Waals surface area contributed by atoms with Crippen LogP contribution >= 0.6 is 11.6 Å². The van der Waals surface area contributed by atoms with Crippen LogP contribution in [0.1, 0.15) is 10.5 Å². The van der Waals surface area contributed by atoms with Crippen molar-refractivity contribution in [3.63, 3.8) is 0 Å². The van der Waals surface area contributed by atoms with E-state index in [9.17, 15) is 4.79 Å². The monoisotopic (exact) mass is 271 g/mol. The number of nitrogens with zero attached hydrogens (tertiary/aromatic N) is 3. The second kappa shape index (κ2) is 5.30. The third-order valence-corrected chi connectivity index (χ3v) is 3.68.